The smallest absolute Gasteiger partial charge is 0.123 e. The van der Waals surface area contributed by atoms with Crippen molar-refractivity contribution in [3.05, 3.63) is 30.1 Å². The summed E-state index contributed by atoms with van der Waals surface area (Å²) in [6.45, 7) is 4.97. The molecule has 2 N–H and O–H groups in total. The van der Waals surface area contributed by atoms with E-state index in [9.17, 15) is 9.50 Å². The molecule has 0 amide bonds. The fourth-order valence-electron chi connectivity index (χ4n) is 1.63. The fourth-order valence-corrected chi connectivity index (χ4v) is 2.43. The zero-order chi connectivity index (χ0) is 14.8. The van der Waals surface area contributed by atoms with E-state index in [4.69, 9.17) is 4.74 Å². The van der Waals surface area contributed by atoms with Gasteiger partial charge in [0.25, 0.3) is 0 Å². The van der Waals surface area contributed by atoms with Crippen LogP contribution in [0.5, 0.6) is 5.75 Å². The Morgan fingerprint density at radius 2 is 2.05 bits per heavy atom. The number of nitrogens with one attached hydrogen (secondary N) is 1. The van der Waals surface area contributed by atoms with Gasteiger partial charge in [-0.3, -0.25) is 0 Å². The Bertz CT molecular complexity index is 361. The first-order valence-corrected chi connectivity index (χ1v) is 8.14. The molecule has 5 heteroatoms. The first kappa shape index (κ1) is 17.3. The van der Waals surface area contributed by atoms with Crippen molar-refractivity contribution in [3.8, 4) is 5.75 Å². The fraction of sp³-hybridized carbons (Fsp3) is 0.600. The van der Waals surface area contributed by atoms with E-state index in [0.717, 1.165) is 17.9 Å². The van der Waals surface area contributed by atoms with E-state index in [2.05, 4.69) is 19.2 Å². The van der Waals surface area contributed by atoms with Crippen LogP contribution in [0.1, 0.15) is 20.3 Å². The molecule has 0 aliphatic rings. The van der Waals surface area contributed by atoms with Crippen LogP contribution >= 0.6 is 11.8 Å². The van der Waals surface area contributed by atoms with E-state index in [1.54, 1.807) is 12.1 Å². The van der Waals surface area contributed by atoms with Crippen LogP contribution in [0.2, 0.25) is 0 Å². The quantitative estimate of drug-likeness (QED) is 0.652. The van der Waals surface area contributed by atoms with E-state index in [0.29, 0.717) is 18.3 Å². The molecule has 0 spiro atoms. The Balaban J connectivity index is 2.13. The van der Waals surface area contributed by atoms with Crippen molar-refractivity contribution in [2.75, 3.05) is 24.7 Å². The number of aliphatic hydroxyl groups excluding tert-OH is 1. The number of aliphatic hydroxyl groups is 1. The number of hydrogen-bond donors (Lipinski definition) is 2. The summed E-state index contributed by atoms with van der Waals surface area (Å²) in [7, 11) is 0. The Morgan fingerprint density at radius 3 is 2.70 bits per heavy atom. The molecule has 0 heterocycles. The highest BCUT2D eigenvalue weighted by Gasteiger charge is 2.08. The molecule has 1 aromatic rings. The van der Waals surface area contributed by atoms with Crippen LogP contribution in [0.4, 0.5) is 4.39 Å². The lowest BCUT2D eigenvalue weighted by Crippen LogP contribution is -2.36. The van der Waals surface area contributed by atoms with Gasteiger partial charge in [-0.05, 0) is 49.1 Å². The van der Waals surface area contributed by atoms with E-state index in [-0.39, 0.29) is 12.4 Å². The molecule has 0 aromatic heterocycles. The van der Waals surface area contributed by atoms with Crippen LogP contribution in [0.25, 0.3) is 0 Å². The molecule has 0 aliphatic carbocycles. The zero-order valence-electron chi connectivity index (χ0n) is 12.1. The second kappa shape index (κ2) is 10.0. The lowest BCUT2D eigenvalue weighted by molar-refractivity contribution is 0.104. The average molecular weight is 301 g/mol. The minimum atomic E-state index is -0.568. The van der Waals surface area contributed by atoms with Crippen molar-refractivity contribution in [3.63, 3.8) is 0 Å². The molecule has 1 aromatic carbocycles. The van der Waals surface area contributed by atoms with Crippen LogP contribution in [0.3, 0.4) is 0 Å². The first-order valence-electron chi connectivity index (χ1n) is 6.99. The Kier molecular flexibility index (Phi) is 8.65. The second-order valence-corrected chi connectivity index (χ2v) is 6.11. The summed E-state index contributed by atoms with van der Waals surface area (Å²) >= 11 is 1.92. The third kappa shape index (κ3) is 7.72. The number of ether oxygens (including phenoxy) is 1. The lowest BCUT2D eigenvalue weighted by atomic mass is 10.2. The maximum absolute atomic E-state index is 12.7. The Morgan fingerprint density at radius 1 is 1.35 bits per heavy atom. The molecule has 0 aliphatic heterocycles. The Labute approximate surface area is 124 Å². The van der Waals surface area contributed by atoms with Gasteiger partial charge >= 0.3 is 0 Å². The monoisotopic (exact) mass is 301 g/mol. The van der Waals surface area contributed by atoms with E-state index in [1.165, 1.54) is 12.1 Å². The highest BCUT2D eigenvalue weighted by molar-refractivity contribution is 7.99. The highest BCUT2D eigenvalue weighted by atomic mass is 32.2. The SMILES string of the molecule is CCSCCC(C)NCC(O)COc1ccc(F)cc1. The van der Waals surface area contributed by atoms with Crippen LogP contribution in [0, 0.1) is 5.82 Å². The molecule has 20 heavy (non-hydrogen) atoms. The van der Waals surface area contributed by atoms with Crippen molar-refractivity contribution < 1.29 is 14.2 Å². The van der Waals surface area contributed by atoms with Gasteiger partial charge in [0.05, 0.1) is 0 Å². The number of hydrogen-bond acceptors (Lipinski definition) is 4. The van der Waals surface area contributed by atoms with Gasteiger partial charge in [-0.25, -0.2) is 4.39 Å². The third-order valence-corrected chi connectivity index (χ3v) is 3.79. The summed E-state index contributed by atoms with van der Waals surface area (Å²) in [6.07, 6.45) is 0.519. The highest BCUT2D eigenvalue weighted by Crippen LogP contribution is 2.11. The molecule has 2 unspecified atom stereocenters. The number of halogens is 1. The number of benzene rings is 1. The van der Waals surface area contributed by atoms with Crippen molar-refractivity contribution in [2.45, 2.75) is 32.4 Å². The summed E-state index contributed by atoms with van der Waals surface area (Å²) in [4.78, 5) is 0. The molecule has 0 saturated heterocycles. The summed E-state index contributed by atoms with van der Waals surface area (Å²) < 4.78 is 18.1. The largest absolute Gasteiger partial charge is 0.491 e. The summed E-state index contributed by atoms with van der Waals surface area (Å²) in [5.41, 5.74) is 0. The molecule has 0 radical (unpaired) electrons. The molecule has 3 nitrogen and oxygen atoms in total. The van der Waals surface area contributed by atoms with Crippen molar-refractivity contribution in [2.24, 2.45) is 0 Å². The maximum Gasteiger partial charge on any atom is 0.123 e. The topological polar surface area (TPSA) is 41.5 Å². The van der Waals surface area contributed by atoms with E-state index in [1.807, 2.05) is 11.8 Å². The second-order valence-electron chi connectivity index (χ2n) is 4.71. The minimum Gasteiger partial charge on any atom is -0.491 e. The molecule has 1 rings (SSSR count). The standard InChI is InChI=1S/C15H24FNO2S/c1-3-20-9-8-12(2)17-10-14(18)11-19-15-6-4-13(16)5-7-15/h4-7,12,14,17-18H,3,8-11H2,1-2H3. The molecule has 114 valence electrons. The predicted molar refractivity (Wildman–Crippen MR) is 83.0 cm³/mol. The molecule has 0 fully saturated rings. The molecular formula is C15H24FNO2S. The van der Waals surface area contributed by atoms with Gasteiger partial charge in [-0.1, -0.05) is 6.92 Å². The maximum atomic E-state index is 12.7. The van der Waals surface area contributed by atoms with Crippen LogP contribution in [-0.2, 0) is 0 Å². The van der Waals surface area contributed by atoms with Crippen molar-refractivity contribution in [1.82, 2.24) is 5.32 Å². The van der Waals surface area contributed by atoms with Crippen LogP contribution in [0.15, 0.2) is 24.3 Å². The van der Waals surface area contributed by atoms with Gasteiger partial charge in [-0.2, -0.15) is 11.8 Å². The number of thioether (sulfide) groups is 1. The van der Waals surface area contributed by atoms with Gasteiger partial charge in [0.1, 0.15) is 24.3 Å². The minimum absolute atomic E-state index is 0.203. The summed E-state index contributed by atoms with van der Waals surface area (Å²) in [6, 6.07) is 6.18. The van der Waals surface area contributed by atoms with Crippen molar-refractivity contribution >= 4 is 11.8 Å². The van der Waals surface area contributed by atoms with Gasteiger partial charge < -0.3 is 15.2 Å². The molecule has 0 bridgehead atoms. The third-order valence-electron chi connectivity index (χ3n) is 2.86. The van der Waals surface area contributed by atoms with Crippen LogP contribution in [-0.4, -0.2) is 41.9 Å². The molecular weight excluding hydrogens is 277 g/mol. The van der Waals surface area contributed by atoms with E-state index >= 15 is 0 Å². The van der Waals surface area contributed by atoms with Gasteiger partial charge in [0, 0.05) is 12.6 Å². The van der Waals surface area contributed by atoms with Gasteiger partial charge in [0.15, 0.2) is 0 Å². The van der Waals surface area contributed by atoms with Gasteiger partial charge in [-0.15, -0.1) is 0 Å². The number of rotatable bonds is 10. The van der Waals surface area contributed by atoms with Gasteiger partial charge in [0.2, 0.25) is 0 Å². The first-order chi connectivity index (χ1) is 9.61. The van der Waals surface area contributed by atoms with Crippen LogP contribution < -0.4 is 10.1 Å². The normalized spacial score (nSPS) is 14.0. The average Bonchev–Trinajstić information content (AvgIpc) is 2.45. The van der Waals surface area contributed by atoms with Crippen molar-refractivity contribution in [1.29, 1.82) is 0 Å². The van der Waals surface area contributed by atoms with E-state index < -0.39 is 6.10 Å². The summed E-state index contributed by atoms with van der Waals surface area (Å²) in [5, 5.41) is 13.1. The molecule has 0 saturated carbocycles. The molecule has 2 atom stereocenters. The Hall–Kier alpha value is -0.780. The zero-order valence-corrected chi connectivity index (χ0v) is 13.0. The predicted octanol–water partition coefficient (Wildman–Crippen LogP) is 2.69. The lowest BCUT2D eigenvalue weighted by Gasteiger charge is -2.17. The summed E-state index contributed by atoms with van der Waals surface area (Å²) in [5.74, 6) is 2.55.